The summed E-state index contributed by atoms with van der Waals surface area (Å²) in [6.45, 7) is 14.9. The van der Waals surface area contributed by atoms with Crippen LogP contribution in [0.1, 0.15) is 60.8 Å². The number of nitrogens with zero attached hydrogens (tertiary/aromatic N) is 2. The molecule has 0 aromatic heterocycles. The number of carbonyl (C=O) groups is 1. The van der Waals surface area contributed by atoms with E-state index < -0.39 is 5.60 Å². The molecule has 0 unspecified atom stereocenters. The van der Waals surface area contributed by atoms with Crippen molar-refractivity contribution < 1.29 is 9.53 Å². The van der Waals surface area contributed by atoms with Gasteiger partial charge in [0.1, 0.15) is 5.60 Å². The molecule has 0 aliphatic heterocycles. The van der Waals surface area contributed by atoms with Crippen LogP contribution < -0.4 is 5.32 Å². The Morgan fingerprint density at radius 2 is 1.86 bits per heavy atom. The molecule has 0 spiro atoms. The van der Waals surface area contributed by atoms with Gasteiger partial charge in [0.05, 0.1) is 6.07 Å². The number of rotatable bonds is 9. The molecular formula is C17H33N3O2. The monoisotopic (exact) mass is 311 g/mol. The molecular weight excluding hydrogens is 278 g/mol. The minimum atomic E-state index is -0.463. The van der Waals surface area contributed by atoms with Crippen molar-refractivity contribution in [3.05, 3.63) is 0 Å². The maximum Gasteiger partial charge on any atom is 0.410 e. The Morgan fingerprint density at radius 3 is 2.36 bits per heavy atom. The van der Waals surface area contributed by atoms with Crippen molar-refractivity contribution in [3.63, 3.8) is 0 Å². The van der Waals surface area contributed by atoms with Gasteiger partial charge in [-0.1, -0.05) is 20.8 Å². The van der Waals surface area contributed by atoms with E-state index in [1.165, 1.54) is 0 Å². The third kappa shape index (κ3) is 10.4. The number of nitrogens with one attached hydrogen (secondary N) is 1. The van der Waals surface area contributed by atoms with Gasteiger partial charge in [-0.3, -0.25) is 0 Å². The van der Waals surface area contributed by atoms with Gasteiger partial charge in [0.2, 0.25) is 0 Å². The molecule has 5 nitrogen and oxygen atoms in total. The van der Waals surface area contributed by atoms with Crippen molar-refractivity contribution in [1.82, 2.24) is 10.2 Å². The van der Waals surface area contributed by atoms with Gasteiger partial charge in [0.15, 0.2) is 0 Å². The van der Waals surface area contributed by atoms with Crippen LogP contribution in [0.4, 0.5) is 4.79 Å². The van der Waals surface area contributed by atoms with E-state index >= 15 is 0 Å². The van der Waals surface area contributed by atoms with Gasteiger partial charge in [0, 0.05) is 32.6 Å². The van der Waals surface area contributed by atoms with Gasteiger partial charge in [-0.05, 0) is 39.0 Å². The molecule has 0 atom stereocenters. The summed E-state index contributed by atoms with van der Waals surface area (Å²) >= 11 is 0. The number of amides is 1. The highest BCUT2D eigenvalue weighted by molar-refractivity contribution is 5.68. The van der Waals surface area contributed by atoms with Crippen LogP contribution in [0.2, 0.25) is 0 Å². The Labute approximate surface area is 136 Å². The maximum absolute atomic E-state index is 12.1. The molecule has 128 valence electrons. The first-order chi connectivity index (χ1) is 10.1. The van der Waals surface area contributed by atoms with E-state index in [4.69, 9.17) is 10.00 Å². The van der Waals surface area contributed by atoms with E-state index in [1.54, 1.807) is 4.90 Å². The summed E-state index contributed by atoms with van der Waals surface area (Å²) in [5.41, 5.74) is -0.368. The summed E-state index contributed by atoms with van der Waals surface area (Å²) in [6.07, 6.45) is 2.11. The highest BCUT2D eigenvalue weighted by atomic mass is 16.6. The molecule has 0 radical (unpaired) electrons. The largest absolute Gasteiger partial charge is 0.444 e. The van der Waals surface area contributed by atoms with Gasteiger partial charge in [-0.2, -0.15) is 5.26 Å². The Kier molecular flexibility index (Phi) is 9.12. The lowest BCUT2D eigenvalue weighted by Crippen LogP contribution is -2.42. The maximum atomic E-state index is 12.1. The fourth-order valence-corrected chi connectivity index (χ4v) is 2.01. The smallest absolute Gasteiger partial charge is 0.410 e. The van der Waals surface area contributed by atoms with Crippen LogP contribution in [0.5, 0.6) is 0 Å². The van der Waals surface area contributed by atoms with Crippen molar-refractivity contribution >= 4 is 6.09 Å². The van der Waals surface area contributed by atoms with Crippen LogP contribution in [0.15, 0.2) is 0 Å². The third-order valence-electron chi connectivity index (χ3n) is 3.22. The summed E-state index contributed by atoms with van der Waals surface area (Å²) in [4.78, 5) is 13.9. The summed E-state index contributed by atoms with van der Waals surface area (Å²) in [5, 5.41) is 12.0. The molecule has 5 heteroatoms. The normalized spacial score (nSPS) is 11.9. The van der Waals surface area contributed by atoms with Crippen LogP contribution in [0.3, 0.4) is 0 Å². The second-order valence-electron chi connectivity index (χ2n) is 7.47. The lowest BCUT2D eigenvalue weighted by Gasteiger charge is -2.28. The summed E-state index contributed by atoms with van der Waals surface area (Å²) in [7, 11) is 0. The Balaban J connectivity index is 4.21. The van der Waals surface area contributed by atoms with Crippen LogP contribution in [0.25, 0.3) is 0 Å². The average molecular weight is 311 g/mol. The molecule has 0 aromatic rings. The first kappa shape index (κ1) is 20.7. The number of carbonyl (C=O) groups excluding carboxylic acids is 1. The van der Waals surface area contributed by atoms with E-state index in [-0.39, 0.29) is 11.5 Å². The molecule has 0 fully saturated rings. The fourth-order valence-electron chi connectivity index (χ4n) is 2.01. The molecule has 0 heterocycles. The Morgan fingerprint density at radius 1 is 1.23 bits per heavy atom. The zero-order chi connectivity index (χ0) is 17.2. The minimum Gasteiger partial charge on any atom is -0.444 e. The number of hydrogen-bond acceptors (Lipinski definition) is 4. The van der Waals surface area contributed by atoms with Crippen LogP contribution in [-0.4, -0.2) is 42.8 Å². The van der Waals surface area contributed by atoms with Gasteiger partial charge in [-0.15, -0.1) is 0 Å². The van der Waals surface area contributed by atoms with E-state index in [9.17, 15) is 4.79 Å². The first-order valence-electron chi connectivity index (χ1n) is 8.17. The SMILES string of the molecule is CCCN(CCNCC(C)(C)CCC#N)C(=O)OC(C)(C)C. The molecule has 0 aromatic carbocycles. The predicted octanol–water partition coefficient (Wildman–Crippen LogP) is 3.55. The van der Waals surface area contributed by atoms with Crippen molar-refractivity contribution in [2.75, 3.05) is 26.2 Å². The molecule has 1 amide bonds. The van der Waals surface area contributed by atoms with Gasteiger partial charge in [0.25, 0.3) is 0 Å². The second kappa shape index (κ2) is 9.68. The molecule has 0 aliphatic rings. The van der Waals surface area contributed by atoms with E-state index in [2.05, 4.69) is 32.2 Å². The number of ether oxygens (including phenoxy) is 1. The summed E-state index contributed by atoms with van der Waals surface area (Å²) in [5.74, 6) is 0. The zero-order valence-electron chi connectivity index (χ0n) is 15.2. The highest BCUT2D eigenvalue weighted by Gasteiger charge is 2.22. The lowest BCUT2D eigenvalue weighted by atomic mass is 9.88. The fraction of sp³-hybridized carbons (Fsp3) is 0.882. The molecule has 22 heavy (non-hydrogen) atoms. The van der Waals surface area contributed by atoms with Crippen molar-refractivity contribution in [3.8, 4) is 6.07 Å². The second-order valence-corrected chi connectivity index (χ2v) is 7.47. The van der Waals surface area contributed by atoms with Crippen molar-refractivity contribution in [2.45, 2.75) is 66.4 Å². The molecule has 0 aliphatic carbocycles. The zero-order valence-corrected chi connectivity index (χ0v) is 15.2. The molecule has 0 bridgehead atoms. The average Bonchev–Trinajstić information content (AvgIpc) is 2.38. The lowest BCUT2D eigenvalue weighted by molar-refractivity contribution is 0.0251. The van der Waals surface area contributed by atoms with Gasteiger partial charge >= 0.3 is 6.09 Å². The van der Waals surface area contributed by atoms with Crippen LogP contribution in [-0.2, 0) is 4.74 Å². The molecule has 1 N–H and O–H groups in total. The van der Waals surface area contributed by atoms with E-state index in [0.717, 1.165) is 25.9 Å². The van der Waals surface area contributed by atoms with Crippen molar-refractivity contribution in [2.24, 2.45) is 5.41 Å². The molecule has 0 rings (SSSR count). The standard InChI is InChI=1S/C17H33N3O2/c1-7-12-20(15(21)22-16(2,3)4)13-11-19-14-17(5,6)9-8-10-18/h19H,7-9,11-14H2,1-6H3. The quantitative estimate of drug-likeness (QED) is 0.661. The number of hydrogen-bond donors (Lipinski definition) is 1. The molecule has 0 saturated heterocycles. The van der Waals surface area contributed by atoms with E-state index in [1.807, 2.05) is 20.8 Å². The predicted molar refractivity (Wildman–Crippen MR) is 89.6 cm³/mol. The number of nitriles is 1. The van der Waals surface area contributed by atoms with Crippen molar-refractivity contribution in [1.29, 1.82) is 5.26 Å². The topological polar surface area (TPSA) is 65.4 Å². The third-order valence-corrected chi connectivity index (χ3v) is 3.22. The molecule has 0 saturated carbocycles. The minimum absolute atomic E-state index is 0.0945. The van der Waals surface area contributed by atoms with Gasteiger partial charge in [-0.25, -0.2) is 4.79 Å². The van der Waals surface area contributed by atoms with E-state index in [0.29, 0.717) is 19.5 Å². The highest BCUT2D eigenvalue weighted by Crippen LogP contribution is 2.20. The van der Waals surface area contributed by atoms with Crippen LogP contribution >= 0.6 is 0 Å². The Hall–Kier alpha value is -1.28. The first-order valence-corrected chi connectivity index (χ1v) is 8.17. The summed E-state index contributed by atoms with van der Waals surface area (Å²) < 4.78 is 5.43. The summed E-state index contributed by atoms with van der Waals surface area (Å²) in [6, 6.07) is 2.19. The van der Waals surface area contributed by atoms with Crippen LogP contribution in [0, 0.1) is 16.7 Å². The van der Waals surface area contributed by atoms with Gasteiger partial charge < -0.3 is 15.0 Å². The Bertz CT molecular complexity index is 367.